The van der Waals surface area contributed by atoms with E-state index in [0.29, 0.717) is 5.69 Å². The first kappa shape index (κ1) is 19.4. The van der Waals surface area contributed by atoms with Crippen LogP contribution in [0.5, 0.6) is 0 Å². The van der Waals surface area contributed by atoms with E-state index in [0.717, 1.165) is 17.9 Å². The quantitative estimate of drug-likeness (QED) is 0.337. The summed E-state index contributed by atoms with van der Waals surface area (Å²) in [7, 11) is 0. The van der Waals surface area contributed by atoms with Crippen LogP contribution in [0, 0.1) is 0 Å². The van der Waals surface area contributed by atoms with E-state index >= 15 is 0 Å². The van der Waals surface area contributed by atoms with Gasteiger partial charge in [-0.05, 0) is 6.42 Å². The molecule has 0 aliphatic carbocycles. The number of rotatable bonds is 9. The van der Waals surface area contributed by atoms with Crippen molar-refractivity contribution < 1.29 is 11.9 Å². The number of nitrogens with one attached hydrogen (secondary N) is 1. The van der Waals surface area contributed by atoms with Gasteiger partial charge in [0.25, 0.3) is 0 Å². The molecule has 6 nitrogen and oxygen atoms in total. The molecule has 0 atom stereocenters. The molecule has 2 aromatic rings. The first-order valence-electron chi connectivity index (χ1n) is 8.41. The van der Waals surface area contributed by atoms with Crippen molar-refractivity contribution in [2.75, 3.05) is 11.9 Å². The summed E-state index contributed by atoms with van der Waals surface area (Å²) in [6.45, 7) is 3.17. The molecule has 0 heterocycles. The van der Waals surface area contributed by atoms with Crippen molar-refractivity contribution >= 4 is 35.6 Å². The molecule has 7 heteroatoms. The van der Waals surface area contributed by atoms with Crippen LogP contribution in [0.2, 0.25) is 0 Å². The molecule has 0 aromatic heterocycles. The third kappa shape index (κ3) is 6.86. The molecule has 0 aliphatic heterocycles. The first-order chi connectivity index (χ1) is 12.0. The minimum absolute atomic E-state index is 0.0337. The van der Waals surface area contributed by atoms with Crippen LogP contribution >= 0.6 is 0 Å². The topological polar surface area (TPSA) is 94.3 Å². The number of azo groups is 1. The summed E-state index contributed by atoms with van der Waals surface area (Å²) in [6, 6.07) is 13.6. The molecule has 0 spiro atoms. The number of hydrogen-bond acceptors (Lipinski definition) is 4. The standard InChI is InChI=1S/C18H24AsN3O3/c1-2-3-4-5-14-20-16-10-12-18(13-11-16)22-21-17-8-6-15(7-9-17)19(23,24)25/h6-13,20H,2-5,14H2,1H3,(H2,23,24,25). The number of hydrogen-bond donors (Lipinski definition) is 3. The summed E-state index contributed by atoms with van der Waals surface area (Å²) >= 11 is -4.83. The van der Waals surface area contributed by atoms with Crippen LogP contribution in [0.1, 0.15) is 32.6 Å². The molecule has 2 rings (SSSR count). The van der Waals surface area contributed by atoms with E-state index in [1.807, 2.05) is 24.3 Å². The second-order valence-corrected chi connectivity index (χ2v) is 9.16. The van der Waals surface area contributed by atoms with Crippen molar-refractivity contribution in [3.05, 3.63) is 48.5 Å². The van der Waals surface area contributed by atoms with Gasteiger partial charge in [0.15, 0.2) is 0 Å². The van der Waals surface area contributed by atoms with Gasteiger partial charge in [-0.25, -0.2) is 0 Å². The van der Waals surface area contributed by atoms with Gasteiger partial charge in [0.1, 0.15) is 0 Å². The predicted octanol–water partition coefficient (Wildman–Crippen LogP) is 3.66. The Bertz CT molecular complexity index is 724. The molecular weight excluding hydrogens is 381 g/mol. The van der Waals surface area contributed by atoms with Gasteiger partial charge < -0.3 is 0 Å². The second-order valence-electron chi connectivity index (χ2n) is 5.79. The van der Waals surface area contributed by atoms with Crippen molar-refractivity contribution in [3.63, 3.8) is 0 Å². The number of anilines is 1. The van der Waals surface area contributed by atoms with Crippen LogP contribution in [0.15, 0.2) is 58.8 Å². The molecule has 0 fully saturated rings. The normalized spacial score (nSPS) is 11.8. The van der Waals surface area contributed by atoms with Crippen molar-refractivity contribution in [3.8, 4) is 0 Å². The van der Waals surface area contributed by atoms with Crippen LogP contribution < -0.4 is 9.67 Å². The zero-order chi connectivity index (χ0) is 18.1. The molecule has 2 aromatic carbocycles. The van der Waals surface area contributed by atoms with Gasteiger partial charge in [-0.2, -0.15) is 0 Å². The van der Waals surface area contributed by atoms with Crippen molar-refractivity contribution in [1.29, 1.82) is 0 Å². The van der Waals surface area contributed by atoms with E-state index in [9.17, 15) is 3.74 Å². The van der Waals surface area contributed by atoms with Crippen LogP contribution in [0.4, 0.5) is 17.1 Å². The molecule has 3 N–H and O–H groups in total. The molecule has 0 radical (unpaired) electrons. The third-order valence-corrected chi connectivity index (χ3v) is 5.73. The monoisotopic (exact) mass is 405 g/mol. The Balaban J connectivity index is 1.88. The summed E-state index contributed by atoms with van der Waals surface area (Å²) in [5.74, 6) is 0. The molecule has 134 valence electrons. The van der Waals surface area contributed by atoms with Gasteiger partial charge in [-0.3, -0.25) is 0 Å². The van der Waals surface area contributed by atoms with Crippen LogP contribution in [0.3, 0.4) is 0 Å². The van der Waals surface area contributed by atoms with E-state index in [4.69, 9.17) is 8.19 Å². The Kier molecular flexibility index (Phi) is 7.44. The van der Waals surface area contributed by atoms with Gasteiger partial charge in [-0.15, -0.1) is 0 Å². The summed E-state index contributed by atoms with van der Waals surface area (Å²) in [5.41, 5.74) is 2.33. The summed E-state index contributed by atoms with van der Waals surface area (Å²) in [4.78, 5) is 0. The van der Waals surface area contributed by atoms with Crippen LogP contribution in [-0.4, -0.2) is 28.9 Å². The fraction of sp³-hybridized carbons (Fsp3) is 0.333. The maximum absolute atomic E-state index is 11.2. The van der Waals surface area contributed by atoms with Gasteiger partial charge in [0.2, 0.25) is 0 Å². The summed E-state index contributed by atoms with van der Waals surface area (Å²) < 4.78 is 29.5. The average molecular weight is 405 g/mol. The number of nitrogens with zero attached hydrogens (tertiary/aromatic N) is 2. The molecule has 25 heavy (non-hydrogen) atoms. The molecule has 0 saturated carbocycles. The Morgan fingerprint density at radius 3 is 1.96 bits per heavy atom. The molecule has 0 unspecified atom stereocenters. The van der Waals surface area contributed by atoms with E-state index in [1.165, 1.54) is 37.8 Å². The molecule has 0 amide bonds. The average Bonchev–Trinajstić information content (AvgIpc) is 2.60. The number of benzene rings is 2. The van der Waals surface area contributed by atoms with Crippen LogP contribution in [-0.2, 0) is 3.74 Å². The fourth-order valence-corrected chi connectivity index (χ4v) is 3.39. The van der Waals surface area contributed by atoms with Gasteiger partial charge >= 0.3 is 118 Å². The fourth-order valence-electron chi connectivity index (χ4n) is 2.26. The maximum atomic E-state index is 11.2. The van der Waals surface area contributed by atoms with Crippen molar-refractivity contribution in [2.45, 2.75) is 32.6 Å². The molecule has 0 bridgehead atoms. The molecule has 0 aliphatic rings. The zero-order valence-electron chi connectivity index (χ0n) is 14.3. The van der Waals surface area contributed by atoms with Crippen LogP contribution in [0.25, 0.3) is 0 Å². The minimum atomic E-state index is -4.83. The van der Waals surface area contributed by atoms with E-state index in [1.54, 1.807) is 12.1 Å². The van der Waals surface area contributed by atoms with Crippen molar-refractivity contribution in [2.24, 2.45) is 10.2 Å². The Labute approximate surface area is 151 Å². The SMILES string of the molecule is CCCCCCNc1ccc(N=Nc2ccc([As](=O)(O)O)cc2)cc1. The van der Waals surface area contributed by atoms with E-state index in [-0.39, 0.29) is 4.35 Å². The Morgan fingerprint density at radius 1 is 0.880 bits per heavy atom. The first-order valence-corrected chi connectivity index (χ1v) is 11.8. The predicted molar refractivity (Wildman–Crippen MR) is 100 cm³/mol. The van der Waals surface area contributed by atoms with Gasteiger partial charge in [0.05, 0.1) is 0 Å². The van der Waals surface area contributed by atoms with Gasteiger partial charge in [0, 0.05) is 0 Å². The Morgan fingerprint density at radius 2 is 1.44 bits per heavy atom. The van der Waals surface area contributed by atoms with E-state index in [2.05, 4.69) is 22.5 Å². The van der Waals surface area contributed by atoms with Crippen molar-refractivity contribution in [1.82, 2.24) is 0 Å². The summed E-state index contributed by atoms with van der Waals surface area (Å²) in [5, 5.41) is 11.6. The van der Waals surface area contributed by atoms with E-state index < -0.39 is 14.2 Å². The molecule has 0 saturated heterocycles. The second kappa shape index (κ2) is 9.56. The third-order valence-electron chi connectivity index (χ3n) is 3.69. The number of unbranched alkanes of at least 4 members (excludes halogenated alkanes) is 3. The summed E-state index contributed by atoms with van der Waals surface area (Å²) in [6.07, 6.45) is 4.93. The molecular formula is C18H24AsN3O3. The van der Waals surface area contributed by atoms with Gasteiger partial charge in [-0.1, -0.05) is 26.2 Å². The zero-order valence-corrected chi connectivity index (χ0v) is 16.2. The Hall–Kier alpha value is -1.88.